The molecule has 0 aliphatic carbocycles. The number of hydrazone groups is 1. The summed E-state index contributed by atoms with van der Waals surface area (Å²) in [6.07, 6.45) is 5.42. The highest BCUT2D eigenvalue weighted by Crippen LogP contribution is 2.29. The lowest BCUT2D eigenvalue weighted by Gasteiger charge is -2.23. The predicted molar refractivity (Wildman–Crippen MR) is 108 cm³/mol. The summed E-state index contributed by atoms with van der Waals surface area (Å²) in [7, 11) is 0. The molecule has 144 valence electrons. The third kappa shape index (κ3) is 4.06. The Labute approximate surface area is 164 Å². The van der Waals surface area contributed by atoms with Crippen molar-refractivity contribution in [1.29, 1.82) is 0 Å². The normalized spacial score (nSPS) is 14.6. The predicted octanol–water partition coefficient (Wildman–Crippen LogP) is 4.93. The van der Waals surface area contributed by atoms with Crippen molar-refractivity contribution >= 4 is 6.21 Å². The van der Waals surface area contributed by atoms with E-state index in [1.807, 2.05) is 43.5 Å². The molecular weight excluding hydrogens is 355 g/mol. The number of piperidine rings is 1. The number of hydrogen-bond donors (Lipinski definition) is 0. The first kappa shape index (κ1) is 18.2. The highest BCUT2D eigenvalue weighted by Gasteiger charge is 2.18. The van der Waals surface area contributed by atoms with Gasteiger partial charge < -0.3 is 4.74 Å². The van der Waals surface area contributed by atoms with Crippen LogP contribution in [0.4, 0.5) is 4.39 Å². The average Bonchev–Trinajstić information content (AvgIpc) is 3.05. The van der Waals surface area contributed by atoms with Crippen LogP contribution in [-0.4, -0.2) is 34.1 Å². The van der Waals surface area contributed by atoms with Crippen LogP contribution in [0, 0.1) is 12.7 Å². The van der Waals surface area contributed by atoms with E-state index in [2.05, 4.69) is 15.2 Å². The summed E-state index contributed by atoms with van der Waals surface area (Å²) in [5, 5.41) is 11.4. The van der Waals surface area contributed by atoms with Crippen molar-refractivity contribution in [2.75, 3.05) is 13.1 Å². The second kappa shape index (κ2) is 8.25. The summed E-state index contributed by atoms with van der Waals surface area (Å²) in [6.45, 7) is 3.88. The molecule has 0 amide bonds. The highest BCUT2D eigenvalue weighted by atomic mass is 19.1. The van der Waals surface area contributed by atoms with E-state index in [0.29, 0.717) is 11.6 Å². The maximum absolute atomic E-state index is 13.3. The number of aromatic nitrogens is 2. The van der Waals surface area contributed by atoms with Gasteiger partial charge in [-0.1, -0.05) is 18.2 Å². The molecule has 0 radical (unpaired) electrons. The monoisotopic (exact) mass is 378 g/mol. The molecule has 0 atom stereocenters. The number of hydrogen-bond acceptors (Lipinski definition) is 4. The van der Waals surface area contributed by atoms with E-state index in [-0.39, 0.29) is 5.82 Å². The molecule has 0 N–H and O–H groups in total. The lowest BCUT2D eigenvalue weighted by atomic mass is 10.2. The molecule has 0 spiro atoms. The Bertz CT molecular complexity index is 945. The van der Waals surface area contributed by atoms with Crippen molar-refractivity contribution in [3.63, 3.8) is 0 Å². The SMILES string of the molecule is Cc1nn(-c2ccccc2)c(Oc2ccc(F)cc2)c1C=NN1CCCCC1. The smallest absolute Gasteiger partial charge is 0.231 e. The van der Waals surface area contributed by atoms with Gasteiger partial charge in [0.1, 0.15) is 11.6 Å². The molecule has 2 heterocycles. The average molecular weight is 378 g/mol. The van der Waals surface area contributed by atoms with Gasteiger partial charge in [0.25, 0.3) is 0 Å². The van der Waals surface area contributed by atoms with E-state index in [1.165, 1.54) is 31.4 Å². The van der Waals surface area contributed by atoms with E-state index < -0.39 is 0 Å². The van der Waals surface area contributed by atoms with Crippen molar-refractivity contribution in [3.8, 4) is 17.3 Å². The fourth-order valence-electron chi connectivity index (χ4n) is 3.26. The second-order valence-corrected chi connectivity index (χ2v) is 6.87. The summed E-state index contributed by atoms with van der Waals surface area (Å²) in [5.41, 5.74) is 2.53. The molecule has 0 unspecified atom stereocenters. The Morgan fingerprint density at radius 3 is 2.43 bits per heavy atom. The molecule has 0 saturated carbocycles. The number of rotatable bonds is 5. The molecule has 4 rings (SSSR count). The number of benzene rings is 2. The van der Waals surface area contributed by atoms with Crippen LogP contribution in [-0.2, 0) is 0 Å². The Kier molecular flexibility index (Phi) is 5.37. The fraction of sp³-hybridized carbons (Fsp3) is 0.273. The summed E-state index contributed by atoms with van der Waals surface area (Å²) in [5.74, 6) is 0.814. The van der Waals surface area contributed by atoms with Crippen molar-refractivity contribution in [1.82, 2.24) is 14.8 Å². The van der Waals surface area contributed by atoms with Gasteiger partial charge in [-0.3, -0.25) is 5.01 Å². The van der Waals surface area contributed by atoms with Crippen LogP contribution < -0.4 is 4.74 Å². The van der Waals surface area contributed by atoms with Crippen molar-refractivity contribution < 1.29 is 9.13 Å². The Hall–Kier alpha value is -3.15. The van der Waals surface area contributed by atoms with Gasteiger partial charge in [0.15, 0.2) is 0 Å². The topological polar surface area (TPSA) is 42.6 Å². The maximum Gasteiger partial charge on any atom is 0.231 e. The molecule has 0 bridgehead atoms. The first-order chi connectivity index (χ1) is 13.7. The van der Waals surface area contributed by atoms with Gasteiger partial charge in [-0.2, -0.15) is 14.9 Å². The van der Waals surface area contributed by atoms with Gasteiger partial charge in [0, 0.05) is 13.1 Å². The third-order valence-corrected chi connectivity index (χ3v) is 4.77. The van der Waals surface area contributed by atoms with Crippen LogP contribution in [0.1, 0.15) is 30.5 Å². The van der Waals surface area contributed by atoms with Gasteiger partial charge >= 0.3 is 0 Å². The Morgan fingerprint density at radius 1 is 1.00 bits per heavy atom. The molecule has 1 saturated heterocycles. The van der Waals surface area contributed by atoms with E-state index in [0.717, 1.165) is 30.0 Å². The molecule has 28 heavy (non-hydrogen) atoms. The van der Waals surface area contributed by atoms with Crippen molar-refractivity contribution in [2.45, 2.75) is 26.2 Å². The summed E-state index contributed by atoms with van der Waals surface area (Å²) >= 11 is 0. The number of aryl methyl sites for hydroxylation is 1. The van der Waals surface area contributed by atoms with Crippen LogP contribution in [0.2, 0.25) is 0 Å². The maximum atomic E-state index is 13.3. The molecule has 1 fully saturated rings. The zero-order chi connectivity index (χ0) is 19.3. The number of para-hydroxylation sites is 1. The quantitative estimate of drug-likeness (QED) is 0.591. The number of halogens is 1. The molecule has 2 aromatic carbocycles. The Balaban J connectivity index is 1.72. The van der Waals surface area contributed by atoms with Gasteiger partial charge in [0.05, 0.1) is 23.2 Å². The molecule has 1 aliphatic heterocycles. The lowest BCUT2D eigenvalue weighted by Crippen LogP contribution is -2.24. The Morgan fingerprint density at radius 2 is 1.71 bits per heavy atom. The van der Waals surface area contributed by atoms with E-state index in [4.69, 9.17) is 4.74 Å². The minimum atomic E-state index is -0.299. The van der Waals surface area contributed by atoms with Crippen LogP contribution >= 0.6 is 0 Å². The van der Waals surface area contributed by atoms with Gasteiger partial charge in [-0.15, -0.1) is 0 Å². The minimum Gasteiger partial charge on any atom is -0.438 e. The largest absolute Gasteiger partial charge is 0.438 e. The molecule has 6 heteroatoms. The van der Waals surface area contributed by atoms with Crippen LogP contribution in [0.25, 0.3) is 5.69 Å². The zero-order valence-corrected chi connectivity index (χ0v) is 15.9. The standard InChI is InChI=1S/C22H23FN4O/c1-17-21(16-24-26-14-6-3-7-15-26)22(28-20-12-10-18(23)11-13-20)27(25-17)19-8-4-2-5-9-19/h2,4-5,8-13,16H,3,6-7,14-15H2,1H3. The zero-order valence-electron chi connectivity index (χ0n) is 15.9. The van der Waals surface area contributed by atoms with Gasteiger partial charge in [-0.25, -0.2) is 4.39 Å². The second-order valence-electron chi connectivity index (χ2n) is 6.87. The molecule has 1 aliphatic rings. The van der Waals surface area contributed by atoms with E-state index in [9.17, 15) is 4.39 Å². The van der Waals surface area contributed by atoms with Crippen LogP contribution in [0.3, 0.4) is 0 Å². The van der Waals surface area contributed by atoms with Crippen molar-refractivity contribution in [3.05, 3.63) is 71.7 Å². The summed E-state index contributed by atoms with van der Waals surface area (Å²) in [4.78, 5) is 0. The van der Waals surface area contributed by atoms with Gasteiger partial charge in [-0.05, 0) is 62.6 Å². The minimum absolute atomic E-state index is 0.299. The number of nitrogens with zero attached hydrogens (tertiary/aromatic N) is 4. The number of ether oxygens (including phenoxy) is 1. The molecule has 3 aromatic rings. The molecule has 5 nitrogen and oxygen atoms in total. The molecule has 1 aromatic heterocycles. The molecular formula is C22H23FN4O. The lowest BCUT2D eigenvalue weighted by molar-refractivity contribution is 0.240. The van der Waals surface area contributed by atoms with Crippen LogP contribution in [0.5, 0.6) is 11.6 Å². The first-order valence-electron chi connectivity index (χ1n) is 9.58. The summed E-state index contributed by atoms with van der Waals surface area (Å²) < 4.78 is 21.2. The first-order valence-corrected chi connectivity index (χ1v) is 9.58. The van der Waals surface area contributed by atoms with Crippen molar-refractivity contribution in [2.24, 2.45) is 5.10 Å². The van der Waals surface area contributed by atoms with Gasteiger partial charge in [0.2, 0.25) is 5.88 Å². The van der Waals surface area contributed by atoms with E-state index in [1.54, 1.807) is 16.8 Å². The highest BCUT2D eigenvalue weighted by molar-refractivity contribution is 5.84. The van der Waals surface area contributed by atoms with E-state index >= 15 is 0 Å². The fourth-order valence-corrected chi connectivity index (χ4v) is 3.26. The van der Waals surface area contributed by atoms with Crippen LogP contribution in [0.15, 0.2) is 59.7 Å². The third-order valence-electron chi connectivity index (χ3n) is 4.77. The summed E-state index contributed by atoms with van der Waals surface area (Å²) in [6, 6.07) is 15.8.